The van der Waals surface area contributed by atoms with E-state index in [1.54, 1.807) is 0 Å². The Labute approximate surface area is 163 Å². The van der Waals surface area contributed by atoms with Crippen LogP contribution in [0.4, 0.5) is 0 Å². The third-order valence-corrected chi connectivity index (χ3v) is 5.70. The van der Waals surface area contributed by atoms with Crippen molar-refractivity contribution in [2.75, 3.05) is 52.5 Å². The van der Waals surface area contributed by atoms with Gasteiger partial charge in [0.05, 0.1) is 13.2 Å². The Morgan fingerprint density at radius 3 is 2.41 bits per heavy atom. The van der Waals surface area contributed by atoms with Crippen LogP contribution in [-0.4, -0.2) is 68.3 Å². The summed E-state index contributed by atoms with van der Waals surface area (Å²) in [5.74, 6) is 1.89. The molecule has 1 aromatic rings. The molecule has 150 valence electrons. The van der Waals surface area contributed by atoms with Crippen LogP contribution in [-0.2, 0) is 9.53 Å². The molecule has 2 aliphatic rings. The van der Waals surface area contributed by atoms with E-state index >= 15 is 0 Å². The summed E-state index contributed by atoms with van der Waals surface area (Å²) in [7, 11) is 0. The zero-order valence-corrected chi connectivity index (χ0v) is 16.5. The average Bonchev–Trinajstić information content (AvgIpc) is 2.72. The summed E-state index contributed by atoms with van der Waals surface area (Å²) in [6.45, 7) is 6.47. The number of carbonyl (C=O) groups excluding carboxylic acids is 1. The van der Waals surface area contributed by atoms with Crippen LogP contribution in [0.1, 0.15) is 38.5 Å². The van der Waals surface area contributed by atoms with Gasteiger partial charge in [0.15, 0.2) is 0 Å². The van der Waals surface area contributed by atoms with Crippen LogP contribution in [0.5, 0.6) is 5.75 Å². The maximum Gasteiger partial charge on any atom is 0.222 e. The second-order valence-corrected chi connectivity index (χ2v) is 7.70. The normalized spacial score (nSPS) is 19.2. The van der Waals surface area contributed by atoms with Crippen molar-refractivity contribution in [3.63, 3.8) is 0 Å². The van der Waals surface area contributed by atoms with Crippen LogP contribution >= 0.6 is 0 Å². The largest absolute Gasteiger partial charge is 0.491 e. The first-order valence-corrected chi connectivity index (χ1v) is 10.6. The van der Waals surface area contributed by atoms with Gasteiger partial charge in [0.1, 0.15) is 12.4 Å². The van der Waals surface area contributed by atoms with Gasteiger partial charge in [0.2, 0.25) is 5.91 Å². The number of ether oxygens (including phenoxy) is 2. The Balaban J connectivity index is 1.21. The minimum atomic E-state index is 0.371. The molecule has 1 heterocycles. The molecule has 1 saturated carbocycles. The lowest BCUT2D eigenvalue weighted by molar-refractivity contribution is -0.134. The summed E-state index contributed by atoms with van der Waals surface area (Å²) < 4.78 is 11.3. The molecule has 5 nitrogen and oxygen atoms in total. The van der Waals surface area contributed by atoms with Gasteiger partial charge in [-0.15, -0.1) is 0 Å². The number of hydrogen-bond acceptors (Lipinski definition) is 4. The molecule has 1 saturated heterocycles. The summed E-state index contributed by atoms with van der Waals surface area (Å²) in [5, 5.41) is 0. The first kappa shape index (κ1) is 20.2. The molecule has 0 radical (unpaired) electrons. The Morgan fingerprint density at radius 2 is 1.67 bits per heavy atom. The number of para-hydroxylation sites is 1. The standard InChI is InChI=1S/C22H34N2O3/c25-22(19-20-7-3-1-4-8-20)24-13-11-23(12-14-24)15-16-26-17-18-27-21-9-5-2-6-10-21/h2,5-6,9-10,20H,1,3-4,7-8,11-19H2. The van der Waals surface area contributed by atoms with Crippen molar-refractivity contribution in [1.82, 2.24) is 9.80 Å². The van der Waals surface area contributed by atoms with Crippen molar-refractivity contribution < 1.29 is 14.3 Å². The number of piperazine rings is 1. The summed E-state index contributed by atoms with van der Waals surface area (Å²) in [6, 6.07) is 9.82. The van der Waals surface area contributed by atoms with Gasteiger partial charge in [-0.1, -0.05) is 37.5 Å². The van der Waals surface area contributed by atoms with E-state index in [4.69, 9.17) is 9.47 Å². The topological polar surface area (TPSA) is 42.0 Å². The monoisotopic (exact) mass is 374 g/mol. The molecule has 0 spiro atoms. The molecule has 0 atom stereocenters. The number of amides is 1. The van der Waals surface area contributed by atoms with Gasteiger partial charge in [0, 0.05) is 39.1 Å². The highest BCUT2D eigenvalue weighted by molar-refractivity contribution is 5.76. The molecule has 2 fully saturated rings. The second kappa shape index (κ2) is 11.3. The quantitative estimate of drug-likeness (QED) is 0.623. The molecule has 0 N–H and O–H groups in total. The highest BCUT2D eigenvalue weighted by Crippen LogP contribution is 2.27. The lowest BCUT2D eigenvalue weighted by Gasteiger charge is -2.35. The van der Waals surface area contributed by atoms with Crippen LogP contribution in [0, 0.1) is 5.92 Å². The first-order valence-electron chi connectivity index (χ1n) is 10.6. The summed E-state index contributed by atoms with van der Waals surface area (Å²) in [5.41, 5.74) is 0. The van der Waals surface area contributed by atoms with Crippen molar-refractivity contribution in [3.05, 3.63) is 30.3 Å². The molecule has 27 heavy (non-hydrogen) atoms. The van der Waals surface area contributed by atoms with E-state index in [0.29, 0.717) is 31.6 Å². The third-order valence-electron chi connectivity index (χ3n) is 5.70. The highest BCUT2D eigenvalue weighted by Gasteiger charge is 2.24. The minimum absolute atomic E-state index is 0.371. The second-order valence-electron chi connectivity index (χ2n) is 7.70. The molecule has 1 aliphatic heterocycles. The molecular formula is C22H34N2O3. The molecule has 1 aromatic carbocycles. The molecule has 0 unspecified atom stereocenters. The van der Waals surface area contributed by atoms with Gasteiger partial charge in [-0.2, -0.15) is 0 Å². The fourth-order valence-corrected chi connectivity index (χ4v) is 4.02. The molecule has 1 aliphatic carbocycles. The van der Waals surface area contributed by atoms with E-state index in [1.165, 1.54) is 32.1 Å². The molecule has 0 bridgehead atoms. The van der Waals surface area contributed by atoms with Gasteiger partial charge < -0.3 is 14.4 Å². The molecule has 3 rings (SSSR count). The highest BCUT2D eigenvalue weighted by atomic mass is 16.5. The van der Waals surface area contributed by atoms with E-state index < -0.39 is 0 Å². The van der Waals surface area contributed by atoms with Gasteiger partial charge in [-0.25, -0.2) is 0 Å². The zero-order chi connectivity index (χ0) is 18.7. The minimum Gasteiger partial charge on any atom is -0.491 e. The number of benzene rings is 1. The number of rotatable bonds is 9. The molecule has 1 amide bonds. The Kier molecular flexibility index (Phi) is 8.43. The van der Waals surface area contributed by atoms with Crippen LogP contribution in [0.25, 0.3) is 0 Å². The van der Waals surface area contributed by atoms with Gasteiger partial charge in [-0.3, -0.25) is 9.69 Å². The van der Waals surface area contributed by atoms with Crippen molar-refractivity contribution in [1.29, 1.82) is 0 Å². The van der Waals surface area contributed by atoms with Crippen LogP contribution in [0.15, 0.2) is 30.3 Å². The number of hydrogen-bond donors (Lipinski definition) is 0. The predicted molar refractivity (Wildman–Crippen MR) is 107 cm³/mol. The van der Waals surface area contributed by atoms with E-state index in [-0.39, 0.29) is 0 Å². The van der Waals surface area contributed by atoms with Crippen LogP contribution in [0.2, 0.25) is 0 Å². The average molecular weight is 375 g/mol. The van der Waals surface area contributed by atoms with Crippen molar-refractivity contribution in [2.45, 2.75) is 38.5 Å². The molecular weight excluding hydrogens is 340 g/mol. The smallest absolute Gasteiger partial charge is 0.222 e. The third kappa shape index (κ3) is 7.15. The maximum absolute atomic E-state index is 12.5. The van der Waals surface area contributed by atoms with E-state index in [9.17, 15) is 4.79 Å². The summed E-state index contributed by atoms with van der Waals surface area (Å²) in [6.07, 6.45) is 7.23. The number of carbonyl (C=O) groups is 1. The Hall–Kier alpha value is -1.59. The van der Waals surface area contributed by atoms with Gasteiger partial charge in [0.25, 0.3) is 0 Å². The number of nitrogens with zero attached hydrogens (tertiary/aromatic N) is 2. The van der Waals surface area contributed by atoms with Gasteiger partial charge in [-0.05, 0) is 30.9 Å². The first-order chi connectivity index (χ1) is 13.3. The zero-order valence-electron chi connectivity index (χ0n) is 16.5. The fraction of sp³-hybridized carbons (Fsp3) is 0.682. The van der Waals surface area contributed by atoms with Crippen molar-refractivity contribution in [3.8, 4) is 5.75 Å². The molecule has 5 heteroatoms. The van der Waals surface area contributed by atoms with E-state index in [1.807, 2.05) is 30.3 Å². The van der Waals surface area contributed by atoms with Crippen molar-refractivity contribution in [2.24, 2.45) is 5.92 Å². The summed E-state index contributed by atoms with van der Waals surface area (Å²) >= 11 is 0. The lowest BCUT2D eigenvalue weighted by Crippen LogP contribution is -2.49. The Morgan fingerprint density at radius 1 is 0.926 bits per heavy atom. The van der Waals surface area contributed by atoms with Crippen LogP contribution in [0.3, 0.4) is 0 Å². The van der Waals surface area contributed by atoms with Gasteiger partial charge >= 0.3 is 0 Å². The fourth-order valence-electron chi connectivity index (χ4n) is 4.02. The van der Waals surface area contributed by atoms with E-state index in [2.05, 4.69) is 9.80 Å². The molecule has 0 aromatic heterocycles. The SMILES string of the molecule is O=C(CC1CCCCC1)N1CCN(CCOCCOc2ccccc2)CC1. The predicted octanol–water partition coefficient (Wildman–Crippen LogP) is 3.20. The summed E-state index contributed by atoms with van der Waals surface area (Å²) in [4.78, 5) is 17.0. The van der Waals surface area contributed by atoms with Crippen molar-refractivity contribution >= 4 is 5.91 Å². The lowest BCUT2D eigenvalue weighted by atomic mass is 9.86. The van der Waals surface area contributed by atoms with E-state index in [0.717, 1.165) is 44.9 Å². The van der Waals surface area contributed by atoms with Crippen LogP contribution < -0.4 is 4.74 Å². The Bertz CT molecular complexity index is 538. The maximum atomic E-state index is 12.5.